The first kappa shape index (κ1) is 53.8. The van der Waals surface area contributed by atoms with Crippen LogP contribution in [0.25, 0.3) is 11.3 Å². The molecule has 0 spiro atoms. The van der Waals surface area contributed by atoms with Gasteiger partial charge in [-0.25, -0.2) is 9.59 Å². The maximum absolute atomic E-state index is 13.8. The van der Waals surface area contributed by atoms with Crippen molar-refractivity contribution in [2.45, 2.75) is 84.6 Å². The van der Waals surface area contributed by atoms with E-state index in [4.69, 9.17) is 32.9 Å². The van der Waals surface area contributed by atoms with Gasteiger partial charge in [-0.3, -0.25) is 24.0 Å². The fraction of sp³-hybridized carbons (Fsp3) is 0.340. The maximum Gasteiger partial charge on any atom is 0.363 e. The summed E-state index contributed by atoms with van der Waals surface area (Å²) in [6.45, 7) is 5.23. The molecule has 1 heterocycles. The Morgan fingerprint density at radius 1 is 0.718 bits per heavy atom. The molecule has 3 atom stereocenters. The summed E-state index contributed by atoms with van der Waals surface area (Å²) in [7, 11) is 2.87. The molecular formula is C53H60N4O14. The van der Waals surface area contributed by atoms with E-state index in [1.165, 1.54) is 50.6 Å². The minimum absolute atomic E-state index is 0.0322. The van der Waals surface area contributed by atoms with Crippen molar-refractivity contribution in [1.29, 1.82) is 0 Å². The molecule has 0 fully saturated rings. The van der Waals surface area contributed by atoms with Crippen molar-refractivity contribution in [1.82, 2.24) is 21.0 Å². The van der Waals surface area contributed by atoms with Crippen LogP contribution in [0.2, 0.25) is 0 Å². The third-order valence-corrected chi connectivity index (χ3v) is 11.2. The lowest BCUT2D eigenvalue weighted by Gasteiger charge is -2.31. The third-order valence-electron chi connectivity index (χ3n) is 11.2. The van der Waals surface area contributed by atoms with Crippen molar-refractivity contribution in [2.24, 2.45) is 5.92 Å². The number of rotatable bonds is 28. The van der Waals surface area contributed by atoms with Gasteiger partial charge in [0.15, 0.2) is 17.3 Å². The molecule has 4 amide bonds. The number of hydrogen-bond donors (Lipinski definition) is 3. The van der Waals surface area contributed by atoms with Gasteiger partial charge < -0.3 is 48.9 Å². The Hall–Kier alpha value is -8.15. The van der Waals surface area contributed by atoms with Gasteiger partial charge in [-0.1, -0.05) is 99.8 Å². The van der Waals surface area contributed by atoms with Crippen molar-refractivity contribution >= 4 is 42.0 Å². The number of furan rings is 1. The van der Waals surface area contributed by atoms with Gasteiger partial charge in [0.1, 0.15) is 30.8 Å². The molecule has 4 aromatic carbocycles. The van der Waals surface area contributed by atoms with E-state index in [9.17, 15) is 33.6 Å². The number of nitrogens with zero attached hydrogens (tertiary/aromatic N) is 1. The highest BCUT2D eigenvalue weighted by Gasteiger charge is 2.34. The fourth-order valence-electron chi connectivity index (χ4n) is 7.44. The Bertz CT molecular complexity index is 2570. The molecule has 3 N–H and O–H groups in total. The molecule has 18 heteroatoms. The first-order valence-corrected chi connectivity index (χ1v) is 23.2. The molecule has 0 saturated heterocycles. The topological polar surface area (TPSA) is 227 Å². The molecule has 5 rings (SSSR count). The average molecular weight is 977 g/mol. The molecule has 0 bridgehead atoms. The van der Waals surface area contributed by atoms with Crippen molar-refractivity contribution in [3.05, 3.63) is 137 Å². The summed E-state index contributed by atoms with van der Waals surface area (Å²) in [5, 5.41) is 8.80. The number of carbonyl (C=O) groups excluding carboxylic acids is 7. The van der Waals surface area contributed by atoms with Crippen LogP contribution in [0.1, 0.15) is 102 Å². The van der Waals surface area contributed by atoms with E-state index >= 15 is 0 Å². The predicted molar refractivity (Wildman–Crippen MR) is 259 cm³/mol. The van der Waals surface area contributed by atoms with Gasteiger partial charge >= 0.3 is 17.9 Å². The molecule has 0 aliphatic heterocycles. The number of ether oxygens (including phenoxy) is 5. The second kappa shape index (κ2) is 27.7. The summed E-state index contributed by atoms with van der Waals surface area (Å²) < 4.78 is 33.2. The lowest BCUT2D eigenvalue weighted by atomic mass is 9.90. The standard InChI is InChI=1S/C53H60N4O14/c1-6-9-12-21-39(42(7-2)57(34-58)71-52(63)38-23-25-44(65-4)47(29-38)66-5)49(60)54-33-55-51(62)45-27-26-43(70-45)37-22-24-40(46(28-37)67-8-3)50(61)56-41(53(64)69-32-36-19-15-11-16-20-36)30-48(59)68-31-35-17-13-10-14-18-35/h10-11,13-20,22-29,34,39,41-42H,6-9,12,21,30-33H2,1-5H3,(H,54,60)(H,55,62)(H,56,61)/t39?,41?,42-/m1/s1. The Morgan fingerprint density at radius 3 is 2.04 bits per heavy atom. The fourth-order valence-corrected chi connectivity index (χ4v) is 7.44. The number of unbranched alkanes of at least 4 members (excludes halogenated alkanes) is 2. The van der Waals surface area contributed by atoms with Crippen LogP contribution in [0.15, 0.2) is 114 Å². The van der Waals surface area contributed by atoms with Gasteiger partial charge in [-0.15, -0.1) is 0 Å². The summed E-state index contributed by atoms with van der Waals surface area (Å²) in [5.41, 5.74) is 2.02. The largest absolute Gasteiger partial charge is 0.493 e. The second-order valence-corrected chi connectivity index (χ2v) is 16.0. The van der Waals surface area contributed by atoms with Crippen molar-refractivity contribution in [3.63, 3.8) is 0 Å². The molecule has 0 aliphatic carbocycles. The van der Waals surface area contributed by atoms with Crippen LogP contribution in [-0.4, -0.2) is 86.7 Å². The van der Waals surface area contributed by atoms with Crippen LogP contribution in [-0.2, 0) is 46.7 Å². The van der Waals surface area contributed by atoms with E-state index < -0.39 is 60.1 Å². The summed E-state index contributed by atoms with van der Waals surface area (Å²) >= 11 is 0. The summed E-state index contributed by atoms with van der Waals surface area (Å²) in [6, 6.07) is 27.6. The Kier molecular flexibility index (Phi) is 21.0. The monoisotopic (exact) mass is 976 g/mol. The number of amides is 4. The van der Waals surface area contributed by atoms with E-state index in [1.54, 1.807) is 74.5 Å². The molecule has 1 aromatic heterocycles. The predicted octanol–water partition coefficient (Wildman–Crippen LogP) is 7.35. The number of benzene rings is 4. The minimum atomic E-state index is -1.41. The number of hydrogen-bond acceptors (Lipinski definition) is 14. The smallest absolute Gasteiger partial charge is 0.363 e. The maximum atomic E-state index is 13.8. The van der Waals surface area contributed by atoms with E-state index in [1.807, 2.05) is 19.1 Å². The number of carbonyl (C=O) groups is 7. The summed E-state index contributed by atoms with van der Waals surface area (Å²) in [4.78, 5) is 98.3. The number of methoxy groups -OCH3 is 2. The SMILES string of the molecule is CCCCCC(C(=O)NCNC(=O)c1ccc(-c2ccc(C(=O)NC(CC(=O)OCc3ccccc3)C(=O)OCc3ccccc3)c(OCC)c2)o1)[C@@H](CC)N(C=O)OC(=O)c1ccc(OC)c(OC)c1. The van der Waals surface area contributed by atoms with Crippen LogP contribution < -0.4 is 30.2 Å². The zero-order valence-corrected chi connectivity index (χ0v) is 40.4. The van der Waals surface area contributed by atoms with Gasteiger partial charge in [-0.05, 0) is 73.4 Å². The molecule has 18 nitrogen and oxygen atoms in total. The van der Waals surface area contributed by atoms with Gasteiger partial charge in [-0.2, -0.15) is 5.06 Å². The lowest BCUT2D eigenvalue weighted by Crippen LogP contribution is -2.49. The highest BCUT2D eigenvalue weighted by molar-refractivity contribution is 6.00. The lowest BCUT2D eigenvalue weighted by molar-refractivity contribution is -0.171. The summed E-state index contributed by atoms with van der Waals surface area (Å²) in [6.07, 6.45) is 2.81. The van der Waals surface area contributed by atoms with E-state index in [0.29, 0.717) is 36.1 Å². The van der Waals surface area contributed by atoms with Gasteiger partial charge in [0.05, 0.1) is 57.0 Å². The molecule has 0 saturated carbocycles. The quantitative estimate of drug-likeness (QED) is 0.0147. The third kappa shape index (κ3) is 15.7. The summed E-state index contributed by atoms with van der Waals surface area (Å²) in [5.74, 6) is -4.14. The van der Waals surface area contributed by atoms with Gasteiger partial charge in [0.25, 0.3) is 11.8 Å². The van der Waals surface area contributed by atoms with Crippen LogP contribution in [0.3, 0.4) is 0 Å². The number of nitrogens with one attached hydrogen (secondary N) is 3. The molecule has 71 heavy (non-hydrogen) atoms. The normalized spacial score (nSPS) is 12.0. The molecule has 5 aromatic rings. The Morgan fingerprint density at radius 2 is 1.41 bits per heavy atom. The Labute approximate surface area is 412 Å². The first-order chi connectivity index (χ1) is 34.4. The zero-order chi connectivity index (χ0) is 51.1. The molecule has 376 valence electrons. The van der Waals surface area contributed by atoms with Crippen molar-refractivity contribution in [3.8, 4) is 28.6 Å². The first-order valence-electron chi connectivity index (χ1n) is 23.2. The van der Waals surface area contributed by atoms with Gasteiger partial charge in [0, 0.05) is 5.56 Å². The number of hydroxylamine groups is 2. The highest BCUT2D eigenvalue weighted by atomic mass is 16.7. The average Bonchev–Trinajstić information content (AvgIpc) is 3.90. The van der Waals surface area contributed by atoms with Crippen LogP contribution in [0, 0.1) is 5.92 Å². The van der Waals surface area contributed by atoms with Gasteiger partial charge in [0.2, 0.25) is 12.3 Å². The van der Waals surface area contributed by atoms with E-state index in [-0.39, 0.29) is 67.1 Å². The second-order valence-electron chi connectivity index (χ2n) is 16.0. The molecular weight excluding hydrogens is 917 g/mol. The minimum Gasteiger partial charge on any atom is -0.493 e. The molecule has 0 aliphatic rings. The highest BCUT2D eigenvalue weighted by Crippen LogP contribution is 2.31. The van der Waals surface area contributed by atoms with E-state index in [2.05, 4.69) is 16.0 Å². The molecule has 2 unspecified atom stereocenters. The Balaban J connectivity index is 1.23. The number of esters is 2. The van der Waals surface area contributed by atoms with Crippen molar-refractivity contribution < 1.29 is 66.5 Å². The van der Waals surface area contributed by atoms with Crippen LogP contribution in [0.4, 0.5) is 0 Å². The van der Waals surface area contributed by atoms with E-state index in [0.717, 1.165) is 23.5 Å². The zero-order valence-electron chi connectivity index (χ0n) is 40.4. The van der Waals surface area contributed by atoms with Crippen molar-refractivity contribution in [2.75, 3.05) is 27.5 Å². The van der Waals surface area contributed by atoms with Crippen LogP contribution >= 0.6 is 0 Å². The molecule has 0 radical (unpaired) electrons. The van der Waals surface area contributed by atoms with Crippen LogP contribution in [0.5, 0.6) is 17.2 Å².